The zero-order valence-electron chi connectivity index (χ0n) is 16.4. The number of aryl methyl sites for hydroxylation is 3. The number of nitrogens with zero attached hydrogens (tertiary/aromatic N) is 4. The Labute approximate surface area is 159 Å². The van der Waals surface area contributed by atoms with Crippen molar-refractivity contribution < 1.29 is 4.79 Å². The Morgan fingerprint density at radius 2 is 1.78 bits per heavy atom. The van der Waals surface area contributed by atoms with Gasteiger partial charge in [-0.25, -0.2) is 0 Å². The van der Waals surface area contributed by atoms with Gasteiger partial charge in [0.15, 0.2) is 0 Å². The van der Waals surface area contributed by atoms with Gasteiger partial charge in [0.1, 0.15) is 0 Å². The predicted molar refractivity (Wildman–Crippen MR) is 105 cm³/mol. The monoisotopic (exact) mass is 363 g/mol. The van der Waals surface area contributed by atoms with Crippen LogP contribution in [0.1, 0.15) is 52.9 Å². The number of amides is 1. The van der Waals surface area contributed by atoms with E-state index in [1.165, 1.54) is 0 Å². The van der Waals surface area contributed by atoms with Crippen LogP contribution in [-0.2, 0) is 6.54 Å². The third-order valence-corrected chi connectivity index (χ3v) is 4.76. The highest BCUT2D eigenvalue weighted by Gasteiger charge is 2.19. The summed E-state index contributed by atoms with van der Waals surface area (Å²) in [4.78, 5) is 12.7. The van der Waals surface area contributed by atoms with E-state index >= 15 is 0 Å². The average molecular weight is 363 g/mol. The molecule has 3 aromatic rings. The molecule has 0 saturated heterocycles. The summed E-state index contributed by atoms with van der Waals surface area (Å²) < 4.78 is 1.96. The molecule has 0 saturated carbocycles. The molecule has 0 radical (unpaired) electrons. The van der Waals surface area contributed by atoms with Crippen molar-refractivity contribution in [1.82, 2.24) is 25.3 Å². The molecule has 2 heterocycles. The van der Waals surface area contributed by atoms with E-state index in [1.54, 1.807) is 0 Å². The standard InChI is InChI=1S/C21H25N5O/c1-6-26-16(5)20(15(4)25-26)14(3)22-21(27)18-10-8-17(9-11-18)19-12-7-13(2)23-24-19/h7-12,14H,6H2,1-5H3,(H,22,27). The van der Waals surface area contributed by atoms with Gasteiger partial charge in [-0.05, 0) is 58.9 Å². The lowest BCUT2D eigenvalue weighted by molar-refractivity contribution is 0.0940. The number of rotatable bonds is 5. The molecule has 0 aliphatic heterocycles. The zero-order valence-corrected chi connectivity index (χ0v) is 16.4. The Bertz CT molecular complexity index is 942. The molecule has 0 spiro atoms. The van der Waals surface area contributed by atoms with Gasteiger partial charge in [0.2, 0.25) is 0 Å². The van der Waals surface area contributed by atoms with Crippen LogP contribution in [0.2, 0.25) is 0 Å². The van der Waals surface area contributed by atoms with Gasteiger partial charge in [0, 0.05) is 28.9 Å². The minimum absolute atomic E-state index is 0.105. The molecule has 0 aliphatic carbocycles. The van der Waals surface area contributed by atoms with E-state index < -0.39 is 0 Å². The lowest BCUT2D eigenvalue weighted by Gasteiger charge is -2.15. The highest BCUT2D eigenvalue weighted by Crippen LogP contribution is 2.22. The van der Waals surface area contributed by atoms with Crippen molar-refractivity contribution in [3.63, 3.8) is 0 Å². The van der Waals surface area contributed by atoms with Crippen LogP contribution in [0.25, 0.3) is 11.3 Å². The Kier molecular flexibility index (Phi) is 5.35. The van der Waals surface area contributed by atoms with E-state index in [9.17, 15) is 4.79 Å². The summed E-state index contributed by atoms with van der Waals surface area (Å²) in [5.41, 5.74) is 6.34. The normalized spacial score (nSPS) is 12.0. The molecule has 1 amide bonds. The first-order valence-corrected chi connectivity index (χ1v) is 9.16. The summed E-state index contributed by atoms with van der Waals surface area (Å²) in [6.45, 7) is 10.8. The SMILES string of the molecule is CCn1nc(C)c(C(C)NC(=O)c2ccc(-c3ccc(C)nn3)cc2)c1C. The fraction of sp³-hybridized carbons (Fsp3) is 0.333. The van der Waals surface area contributed by atoms with Gasteiger partial charge in [-0.2, -0.15) is 15.3 Å². The largest absolute Gasteiger partial charge is 0.345 e. The van der Waals surface area contributed by atoms with Crippen LogP contribution in [0.5, 0.6) is 0 Å². The van der Waals surface area contributed by atoms with Gasteiger partial charge in [-0.1, -0.05) is 12.1 Å². The topological polar surface area (TPSA) is 72.7 Å². The van der Waals surface area contributed by atoms with Crippen molar-refractivity contribution in [3.05, 3.63) is 64.6 Å². The van der Waals surface area contributed by atoms with Gasteiger partial charge < -0.3 is 5.32 Å². The molecule has 1 atom stereocenters. The van der Waals surface area contributed by atoms with E-state index in [1.807, 2.05) is 68.8 Å². The molecule has 0 fully saturated rings. The number of benzene rings is 1. The molecule has 0 aliphatic rings. The molecule has 6 nitrogen and oxygen atoms in total. The quantitative estimate of drug-likeness (QED) is 0.749. The number of nitrogens with one attached hydrogen (secondary N) is 1. The molecule has 2 aromatic heterocycles. The van der Waals surface area contributed by atoms with Crippen molar-refractivity contribution in [2.75, 3.05) is 0 Å². The highest BCUT2D eigenvalue weighted by molar-refractivity contribution is 5.94. The second-order valence-corrected chi connectivity index (χ2v) is 6.73. The van der Waals surface area contributed by atoms with Crippen molar-refractivity contribution in [2.45, 2.75) is 47.2 Å². The first-order chi connectivity index (χ1) is 12.9. The van der Waals surface area contributed by atoms with Gasteiger partial charge >= 0.3 is 0 Å². The summed E-state index contributed by atoms with van der Waals surface area (Å²) >= 11 is 0. The summed E-state index contributed by atoms with van der Waals surface area (Å²) in [6.07, 6.45) is 0. The Balaban J connectivity index is 1.74. The molecule has 27 heavy (non-hydrogen) atoms. The highest BCUT2D eigenvalue weighted by atomic mass is 16.1. The molecule has 1 N–H and O–H groups in total. The molecule has 1 aromatic carbocycles. The van der Waals surface area contributed by atoms with Crippen LogP contribution in [0.3, 0.4) is 0 Å². The van der Waals surface area contributed by atoms with Crippen molar-refractivity contribution in [1.29, 1.82) is 0 Å². The van der Waals surface area contributed by atoms with Crippen LogP contribution < -0.4 is 5.32 Å². The summed E-state index contributed by atoms with van der Waals surface area (Å²) in [6, 6.07) is 11.2. The molecular weight excluding hydrogens is 338 g/mol. The molecule has 0 bridgehead atoms. The second kappa shape index (κ2) is 7.70. The molecular formula is C21H25N5O. The summed E-state index contributed by atoms with van der Waals surface area (Å²) in [7, 11) is 0. The van der Waals surface area contributed by atoms with E-state index in [2.05, 4.69) is 27.5 Å². The fourth-order valence-electron chi connectivity index (χ4n) is 3.34. The van der Waals surface area contributed by atoms with E-state index in [4.69, 9.17) is 0 Å². The van der Waals surface area contributed by atoms with Gasteiger partial charge in [-0.3, -0.25) is 9.48 Å². The van der Waals surface area contributed by atoms with Crippen LogP contribution in [0, 0.1) is 20.8 Å². The van der Waals surface area contributed by atoms with Crippen LogP contribution >= 0.6 is 0 Å². The third-order valence-electron chi connectivity index (χ3n) is 4.76. The zero-order chi connectivity index (χ0) is 19.6. The Hall–Kier alpha value is -3.02. The van der Waals surface area contributed by atoms with Crippen LogP contribution in [0.4, 0.5) is 0 Å². The van der Waals surface area contributed by atoms with Crippen molar-refractivity contribution in [3.8, 4) is 11.3 Å². The van der Waals surface area contributed by atoms with Gasteiger partial charge in [0.05, 0.1) is 23.1 Å². The van der Waals surface area contributed by atoms with E-state index in [-0.39, 0.29) is 11.9 Å². The number of carbonyl (C=O) groups excluding carboxylic acids is 1. The van der Waals surface area contributed by atoms with Gasteiger partial charge in [-0.15, -0.1) is 0 Å². The predicted octanol–water partition coefficient (Wildman–Crippen LogP) is 3.78. The maximum absolute atomic E-state index is 12.7. The smallest absolute Gasteiger partial charge is 0.251 e. The van der Waals surface area contributed by atoms with Crippen LogP contribution in [0.15, 0.2) is 36.4 Å². The lowest BCUT2D eigenvalue weighted by atomic mass is 10.0. The lowest BCUT2D eigenvalue weighted by Crippen LogP contribution is -2.27. The fourth-order valence-corrected chi connectivity index (χ4v) is 3.34. The summed E-state index contributed by atoms with van der Waals surface area (Å²) in [5.74, 6) is -0.105. The number of hydrogen-bond donors (Lipinski definition) is 1. The first-order valence-electron chi connectivity index (χ1n) is 9.16. The Morgan fingerprint density at radius 1 is 1.07 bits per heavy atom. The Morgan fingerprint density at radius 3 is 2.33 bits per heavy atom. The third kappa shape index (κ3) is 3.89. The first kappa shape index (κ1) is 18.8. The van der Waals surface area contributed by atoms with E-state index in [0.717, 1.165) is 40.4 Å². The number of carbonyl (C=O) groups is 1. The number of aromatic nitrogens is 4. The maximum Gasteiger partial charge on any atom is 0.251 e. The van der Waals surface area contributed by atoms with Crippen LogP contribution in [-0.4, -0.2) is 25.9 Å². The molecule has 3 rings (SSSR count). The molecule has 140 valence electrons. The average Bonchev–Trinajstić information content (AvgIpc) is 2.96. The van der Waals surface area contributed by atoms with E-state index in [0.29, 0.717) is 5.56 Å². The van der Waals surface area contributed by atoms with Crippen molar-refractivity contribution in [2.24, 2.45) is 0 Å². The second-order valence-electron chi connectivity index (χ2n) is 6.73. The molecule has 6 heteroatoms. The summed E-state index contributed by atoms with van der Waals surface area (Å²) in [5, 5.41) is 15.9. The minimum Gasteiger partial charge on any atom is -0.345 e. The molecule has 1 unspecified atom stereocenters. The number of hydrogen-bond acceptors (Lipinski definition) is 4. The van der Waals surface area contributed by atoms with Crippen molar-refractivity contribution >= 4 is 5.91 Å². The van der Waals surface area contributed by atoms with Gasteiger partial charge in [0.25, 0.3) is 5.91 Å². The minimum atomic E-state index is -0.111. The maximum atomic E-state index is 12.7.